The highest BCUT2D eigenvalue weighted by Crippen LogP contribution is 2.18. The maximum Gasteiger partial charge on any atom is 0.0815 e. The lowest BCUT2D eigenvalue weighted by Gasteiger charge is -2.18. The van der Waals surface area contributed by atoms with Gasteiger partial charge in [-0.15, -0.1) is 0 Å². The fourth-order valence-corrected chi connectivity index (χ4v) is 1.25. The van der Waals surface area contributed by atoms with Gasteiger partial charge in [-0.3, -0.25) is 0 Å². The largest absolute Gasteiger partial charge is 0.390 e. The minimum atomic E-state index is -0.370. The van der Waals surface area contributed by atoms with Crippen molar-refractivity contribution >= 4 is 0 Å². The molecule has 3 nitrogen and oxygen atoms in total. The van der Waals surface area contributed by atoms with Crippen LogP contribution in [0.5, 0.6) is 0 Å². The molecule has 0 aromatic heterocycles. The van der Waals surface area contributed by atoms with Gasteiger partial charge < -0.3 is 16.2 Å². The minimum absolute atomic E-state index is 0.0544. The highest BCUT2D eigenvalue weighted by molar-refractivity contribution is 4.83. The maximum absolute atomic E-state index is 9.54. The van der Waals surface area contributed by atoms with Crippen LogP contribution in [0.4, 0.5) is 0 Å². The molecule has 0 radical (unpaired) electrons. The number of aliphatic hydroxyl groups excluding tert-OH is 1. The van der Waals surface area contributed by atoms with E-state index in [4.69, 9.17) is 5.73 Å². The molecule has 3 heteroatoms. The van der Waals surface area contributed by atoms with E-state index in [0.29, 0.717) is 12.6 Å². The van der Waals surface area contributed by atoms with E-state index >= 15 is 0 Å². The average Bonchev–Trinajstić information content (AvgIpc) is 2.83. The number of hydrogen-bond donors (Lipinski definition) is 3. The van der Waals surface area contributed by atoms with E-state index in [0.717, 1.165) is 12.8 Å². The van der Waals surface area contributed by atoms with E-state index in [-0.39, 0.29) is 12.1 Å². The molecule has 0 aromatic rings. The highest BCUT2D eigenvalue weighted by Gasteiger charge is 2.22. The Labute approximate surface area is 74.3 Å². The topological polar surface area (TPSA) is 58.3 Å². The Kier molecular flexibility index (Phi) is 3.98. The number of nitrogens with two attached hydrogens (primary N) is 1. The van der Waals surface area contributed by atoms with Gasteiger partial charge in [-0.1, -0.05) is 13.3 Å². The van der Waals surface area contributed by atoms with Crippen molar-refractivity contribution in [3.05, 3.63) is 0 Å². The predicted molar refractivity (Wildman–Crippen MR) is 49.9 cm³/mol. The molecule has 1 rings (SSSR count). The molecule has 0 spiro atoms. The minimum Gasteiger partial charge on any atom is -0.390 e. The second-order valence-electron chi connectivity index (χ2n) is 3.70. The van der Waals surface area contributed by atoms with Crippen LogP contribution in [-0.4, -0.2) is 29.8 Å². The van der Waals surface area contributed by atoms with Crippen LogP contribution in [0.2, 0.25) is 0 Å². The third-order valence-corrected chi connectivity index (χ3v) is 2.31. The molecule has 0 aromatic carbocycles. The third kappa shape index (κ3) is 3.52. The Morgan fingerprint density at radius 3 is 2.75 bits per heavy atom. The van der Waals surface area contributed by atoms with Gasteiger partial charge in [0.2, 0.25) is 0 Å². The molecule has 1 aliphatic rings. The van der Waals surface area contributed by atoms with Crippen molar-refractivity contribution in [2.75, 3.05) is 6.54 Å². The van der Waals surface area contributed by atoms with Crippen molar-refractivity contribution in [3.63, 3.8) is 0 Å². The van der Waals surface area contributed by atoms with Crippen LogP contribution >= 0.6 is 0 Å². The van der Waals surface area contributed by atoms with Crippen molar-refractivity contribution in [2.45, 2.75) is 50.8 Å². The van der Waals surface area contributed by atoms with Gasteiger partial charge in [0.15, 0.2) is 0 Å². The van der Waals surface area contributed by atoms with Crippen LogP contribution in [0.1, 0.15) is 32.6 Å². The van der Waals surface area contributed by atoms with Gasteiger partial charge in [-0.25, -0.2) is 0 Å². The van der Waals surface area contributed by atoms with Crippen LogP contribution in [0.3, 0.4) is 0 Å². The van der Waals surface area contributed by atoms with E-state index in [1.54, 1.807) is 0 Å². The Morgan fingerprint density at radius 1 is 1.58 bits per heavy atom. The molecule has 0 bridgehead atoms. The zero-order chi connectivity index (χ0) is 8.97. The summed E-state index contributed by atoms with van der Waals surface area (Å²) in [7, 11) is 0. The molecule has 0 heterocycles. The lowest BCUT2D eigenvalue weighted by molar-refractivity contribution is 0.137. The van der Waals surface area contributed by atoms with Gasteiger partial charge in [-0.05, 0) is 19.3 Å². The van der Waals surface area contributed by atoms with Gasteiger partial charge >= 0.3 is 0 Å². The van der Waals surface area contributed by atoms with E-state index in [1.807, 2.05) is 0 Å². The molecule has 0 aliphatic heterocycles. The summed E-state index contributed by atoms with van der Waals surface area (Å²) < 4.78 is 0. The molecule has 2 unspecified atom stereocenters. The van der Waals surface area contributed by atoms with Gasteiger partial charge in [0.1, 0.15) is 0 Å². The van der Waals surface area contributed by atoms with Crippen LogP contribution in [0, 0.1) is 0 Å². The van der Waals surface area contributed by atoms with Crippen LogP contribution in [0.25, 0.3) is 0 Å². The van der Waals surface area contributed by atoms with Crippen molar-refractivity contribution in [1.29, 1.82) is 0 Å². The Morgan fingerprint density at radius 2 is 2.25 bits per heavy atom. The van der Waals surface area contributed by atoms with Crippen molar-refractivity contribution < 1.29 is 5.11 Å². The Hall–Kier alpha value is -0.120. The molecule has 12 heavy (non-hydrogen) atoms. The Balaban J connectivity index is 2.03. The average molecular weight is 172 g/mol. The summed E-state index contributed by atoms with van der Waals surface area (Å²) in [5.41, 5.74) is 5.74. The van der Waals surface area contributed by atoms with E-state index in [9.17, 15) is 5.11 Å². The molecular weight excluding hydrogens is 152 g/mol. The van der Waals surface area contributed by atoms with Crippen LogP contribution < -0.4 is 11.1 Å². The first kappa shape index (κ1) is 9.96. The van der Waals surface area contributed by atoms with Gasteiger partial charge in [0, 0.05) is 18.6 Å². The Bertz CT molecular complexity index is 126. The molecule has 1 aliphatic carbocycles. The summed E-state index contributed by atoms with van der Waals surface area (Å²) in [6.45, 7) is 2.74. The summed E-state index contributed by atoms with van der Waals surface area (Å²) >= 11 is 0. The maximum atomic E-state index is 9.54. The fraction of sp³-hybridized carbons (Fsp3) is 1.00. The summed E-state index contributed by atoms with van der Waals surface area (Å²) in [5.74, 6) is 0. The van der Waals surface area contributed by atoms with E-state index in [1.165, 1.54) is 12.8 Å². The van der Waals surface area contributed by atoms with E-state index < -0.39 is 0 Å². The summed E-state index contributed by atoms with van der Waals surface area (Å²) in [6, 6.07) is 0.606. The number of aliphatic hydroxyl groups is 1. The predicted octanol–water partition coefficient (Wildman–Crippen LogP) is 0.227. The number of nitrogens with one attached hydrogen (secondary N) is 1. The normalized spacial score (nSPS) is 22.2. The summed E-state index contributed by atoms with van der Waals surface area (Å²) in [4.78, 5) is 0. The highest BCUT2D eigenvalue weighted by atomic mass is 16.3. The molecule has 1 fully saturated rings. The molecule has 0 amide bonds. The van der Waals surface area contributed by atoms with Crippen molar-refractivity contribution in [2.24, 2.45) is 5.73 Å². The lowest BCUT2D eigenvalue weighted by atomic mass is 10.1. The quantitative estimate of drug-likeness (QED) is 0.537. The second kappa shape index (κ2) is 4.80. The molecule has 0 saturated heterocycles. The van der Waals surface area contributed by atoms with Gasteiger partial charge in [-0.2, -0.15) is 0 Å². The zero-order valence-electron chi connectivity index (χ0n) is 7.79. The molecule has 72 valence electrons. The van der Waals surface area contributed by atoms with Crippen LogP contribution in [0.15, 0.2) is 0 Å². The molecule has 4 N–H and O–H groups in total. The lowest BCUT2D eigenvalue weighted by Crippen LogP contribution is -2.42. The first-order valence-electron chi connectivity index (χ1n) is 4.91. The summed E-state index contributed by atoms with van der Waals surface area (Å²) in [6.07, 6.45) is 4.10. The van der Waals surface area contributed by atoms with Gasteiger partial charge in [0.05, 0.1) is 6.10 Å². The van der Waals surface area contributed by atoms with E-state index in [2.05, 4.69) is 12.2 Å². The smallest absolute Gasteiger partial charge is 0.0815 e. The fourth-order valence-electron chi connectivity index (χ4n) is 1.25. The third-order valence-electron chi connectivity index (χ3n) is 2.31. The number of hydrogen-bond acceptors (Lipinski definition) is 3. The SMILES string of the molecule is CCCC(N)C(O)CNC1CC1. The number of rotatable bonds is 6. The first-order chi connectivity index (χ1) is 5.74. The van der Waals surface area contributed by atoms with Gasteiger partial charge in [0.25, 0.3) is 0 Å². The monoisotopic (exact) mass is 172 g/mol. The molecule has 2 atom stereocenters. The van der Waals surface area contributed by atoms with Crippen LogP contribution in [-0.2, 0) is 0 Å². The van der Waals surface area contributed by atoms with Crippen molar-refractivity contribution in [3.8, 4) is 0 Å². The zero-order valence-corrected chi connectivity index (χ0v) is 7.79. The second-order valence-corrected chi connectivity index (χ2v) is 3.70. The summed E-state index contributed by atoms with van der Waals surface area (Å²) in [5, 5.41) is 12.8. The molecule has 1 saturated carbocycles. The first-order valence-corrected chi connectivity index (χ1v) is 4.91. The molecular formula is C9H20N2O. The standard InChI is InChI=1S/C9H20N2O/c1-2-3-8(10)9(12)6-11-7-4-5-7/h7-9,11-12H,2-6,10H2,1H3. The van der Waals surface area contributed by atoms with Crippen molar-refractivity contribution in [1.82, 2.24) is 5.32 Å².